The van der Waals surface area contributed by atoms with Crippen LogP contribution in [-0.4, -0.2) is 78.9 Å². The van der Waals surface area contributed by atoms with E-state index >= 15 is 0 Å². The van der Waals surface area contributed by atoms with Crippen molar-refractivity contribution < 1.29 is 84.7 Å². The van der Waals surface area contributed by atoms with E-state index in [9.17, 15) is 70.7 Å². The van der Waals surface area contributed by atoms with Crippen molar-refractivity contribution in [3.8, 4) is 0 Å². The van der Waals surface area contributed by atoms with Gasteiger partial charge in [-0.05, 0) is 13.3 Å². The van der Waals surface area contributed by atoms with Gasteiger partial charge >= 0.3 is 11.9 Å². The Kier molecular flexibility index (Phi) is 14.0. The van der Waals surface area contributed by atoms with E-state index in [1.165, 1.54) is 0 Å². The van der Waals surface area contributed by atoms with E-state index in [2.05, 4.69) is 9.47 Å². The first kappa shape index (κ1) is 40.0. The van der Waals surface area contributed by atoms with Crippen LogP contribution in [0, 0.1) is 0 Å². The van der Waals surface area contributed by atoms with Crippen LogP contribution in [-0.2, 0) is 29.2 Å². The van der Waals surface area contributed by atoms with Gasteiger partial charge in [0, 0.05) is 19.3 Å². The molecule has 1 unspecified atom stereocenters. The Bertz CT molecular complexity index is 998. The first-order chi connectivity index (χ1) is 18.5. The van der Waals surface area contributed by atoms with E-state index in [4.69, 9.17) is 4.55 Å². The highest BCUT2D eigenvalue weighted by atomic mass is 32.2. The van der Waals surface area contributed by atoms with Crippen molar-refractivity contribution in [2.45, 2.75) is 112 Å². The maximum atomic E-state index is 13.8. The topological polar surface area (TPSA) is 107 Å². The average molecular weight is 667 g/mol. The molecular weight excluding hydrogens is 636 g/mol. The van der Waals surface area contributed by atoms with Crippen LogP contribution in [0.4, 0.5) is 52.7 Å². The van der Waals surface area contributed by atoms with Crippen LogP contribution in [0.25, 0.3) is 0 Å². The summed E-state index contributed by atoms with van der Waals surface area (Å²) in [6, 6.07) is 0. The van der Waals surface area contributed by atoms with Gasteiger partial charge in [-0.2, -0.15) is 8.42 Å². The number of ether oxygens (including phenoxy) is 2. The maximum absolute atomic E-state index is 13.8. The summed E-state index contributed by atoms with van der Waals surface area (Å²) >= 11 is 0. The number of esters is 2. The molecule has 0 heterocycles. The molecule has 0 bridgehead atoms. The van der Waals surface area contributed by atoms with E-state index in [1.54, 1.807) is 0 Å². The van der Waals surface area contributed by atoms with E-state index < -0.39 is 134 Å². The zero-order chi connectivity index (χ0) is 33.4. The van der Waals surface area contributed by atoms with Crippen molar-refractivity contribution in [1.82, 2.24) is 0 Å². The van der Waals surface area contributed by atoms with Crippen molar-refractivity contribution >= 4 is 22.1 Å². The lowest BCUT2D eigenvalue weighted by Crippen LogP contribution is -2.36. The van der Waals surface area contributed by atoms with Crippen LogP contribution in [0.5, 0.6) is 0 Å². The van der Waals surface area contributed by atoms with Gasteiger partial charge in [-0.15, -0.1) is 0 Å². The zero-order valence-corrected chi connectivity index (χ0v) is 23.0. The molecule has 0 radical (unpaired) electrons. The highest BCUT2D eigenvalue weighted by molar-refractivity contribution is 7.87. The Morgan fingerprint density at radius 2 is 1.14 bits per heavy atom. The van der Waals surface area contributed by atoms with Gasteiger partial charge in [-0.1, -0.05) is 6.92 Å². The Morgan fingerprint density at radius 1 is 0.690 bits per heavy atom. The molecule has 0 aliphatic rings. The molecule has 0 aliphatic carbocycles. The molecule has 0 saturated heterocycles. The van der Waals surface area contributed by atoms with Gasteiger partial charge in [-0.25, -0.2) is 52.7 Å². The summed E-state index contributed by atoms with van der Waals surface area (Å²) in [5.74, 6) is -29.1. The Balaban J connectivity index is 4.91. The number of rotatable bonds is 20. The molecular formula is C22H30F12O7S. The number of halogens is 12. The van der Waals surface area contributed by atoms with Gasteiger partial charge < -0.3 is 9.47 Å². The van der Waals surface area contributed by atoms with E-state index in [1.807, 2.05) is 0 Å². The van der Waals surface area contributed by atoms with Crippen LogP contribution in [0.3, 0.4) is 0 Å². The van der Waals surface area contributed by atoms with E-state index in [0.29, 0.717) is 0 Å². The number of carbonyl (C=O) groups is 2. The van der Waals surface area contributed by atoms with Crippen LogP contribution >= 0.6 is 0 Å². The molecule has 42 heavy (non-hydrogen) atoms. The molecule has 0 aliphatic heterocycles. The third-order valence-electron chi connectivity index (χ3n) is 5.27. The molecule has 1 atom stereocenters. The van der Waals surface area contributed by atoms with Crippen LogP contribution in [0.15, 0.2) is 0 Å². The van der Waals surface area contributed by atoms with Gasteiger partial charge in [-0.3, -0.25) is 14.1 Å². The van der Waals surface area contributed by atoms with E-state index in [-0.39, 0.29) is 6.92 Å². The van der Waals surface area contributed by atoms with Crippen molar-refractivity contribution in [2.75, 3.05) is 13.2 Å². The SMILES string of the molecule is CCC(F)(F)CC(F)(F)CC(F)(F)CCOC(=O)CC(C(=O)OCCCC(F)(F)CC(F)(F)CC(C)(F)F)S(=O)(=O)O. The number of hydrogen-bond donors (Lipinski definition) is 1. The summed E-state index contributed by atoms with van der Waals surface area (Å²) in [5, 5.41) is -2.78. The van der Waals surface area contributed by atoms with Crippen molar-refractivity contribution in [2.24, 2.45) is 0 Å². The molecule has 7 nitrogen and oxygen atoms in total. The van der Waals surface area contributed by atoms with Crippen molar-refractivity contribution in [1.29, 1.82) is 0 Å². The summed E-state index contributed by atoms with van der Waals surface area (Å²) < 4.78 is 201. The minimum absolute atomic E-state index is 0.0949. The lowest BCUT2D eigenvalue weighted by Gasteiger charge is -2.26. The standard InChI is InChI=1S/C22H30F12O7S/c1-3-18(25,26)11-22(33,34)13-20(29,30)6-8-40-15(35)9-14(42(37,38)39)16(36)41-7-4-5-19(27,28)12-21(31,32)10-17(2,23)24/h14H,3-13H2,1-2H3,(H,37,38,39). The molecule has 20 heteroatoms. The minimum atomic E-state index is -5.48. The Hall–Kier alpha value is -1.99. The monoisotopic (exact) mass is 666 g/mol. The quantitative estimate of drug-likeness (QED) is 0.0668. The summed E-state index contributed by atoms with van der Waals surface area (Å²) in [5.41, 5.74) is 0. The lowest BCUT2D eigenvalue weighted by molar-refractivity contribution is -0.165. The van der Waals surface area contributed by atoms with Crippen molar-refractivity contribution in [3.63, 3.8) is 0 Å². The van der Waals surface area contributed by atoms with Gasteiger partial charge in [0.2, 0.25) is 0 Å². The highest BCUT2D eigenvalue weighted by Gasteiger charge is 2.49. The van der Waals surface area contributed by atoms with Crippen molar-refractivity contribution in [3.05, 3.63) is 0 Å². The van der Waals surface area contributed by atoms with Gasteiger partial charge in [0.15, 0.2) is 5.25 Å². The summed E-state index contributed by atoms with van der Waals surface area (Å²) in [7, 11) is -5.48. The van der Waals surface area contributed by atoms with Gasteiger partial charge in [0.25, 0.3) is 45.7 Å². The fourth-order valence-electron chi connectivity index (χ4n) is 3.45. The first-order valence-electron chi connectivity index (χ1n) is 12.1. The Labute approximate surface area is 233 Å². The van der Waals surface area contributed by atoms with Crippen LogP contribution < -0.4 is 0 Å². The summed E-state index contributed by atoms with van der Waals surface area (Å²) in [6.45, 7) is -1.49. The second kappa shape index (κ2) is 14.7. The second-order valence-electron chi connectivity index (χ2n) is 9.86. The highest BCUT2D eigenvalue weighted by Crippen LogP contribution is 2.41. The van der Waals surface area contributed by atoms with Crippen LogP contribution in [0.2, 0.25) is 0 Å². The fraction of sp³-hybridized carbons (Fsp3) is 0.909. The molecule has 0 aromatic heterocycles. The van der Waals surface area contributed by atoms with Gasteiger partial charge in [0.1, 0.15) is 0 Å². The van der Waals surface area contributed by atoms with E-state index in [0.717, 1.165) is 6.92 Å². The fourth-order valence-corrected chi connectivity index (χ4v) is 4.11. The third-order valence-corrected chi connectivity index (χ3v) is 6.35. The minimum Gasteiger partial charge on any atom is -0.465 e. The second-order valence-corrected chi connectivity index (χ2v) is 11.5. The molecule has 250 valence electrons. The largest absolute Gasteiger partial charge is 0.465 e. The number of alkyl halides is 12. The molecule has 0 rings (SSSR count). The van der Waals surface area contributed by atoms with Crippen LogP contribution in [0.1, 0.15) is 71.6 Å². The zero-order valence-electron chi connectivity index (χ0n) is 22.2. The normalized spacial score (nSPS) is 14.9. The number of hydrogen-bond acceptors (Lipinski definition) is 6. The average Bonchev–Trinajstić information content (AvgIpc) is 2.69. The predicted molar refractivity (Wildman–Crippen MR) is 120 cm³/mol. The predicted octanol–water partition coefficient (Wildman–Crippen LogP) is 6.69. The molecule has 0 amide bonds. The molecule has 0 aromatic carbocycles. The molecule has 0 fully saturated rings. The Morgan fingerprint density at radius 3 is 1.60 bits per heavy atom. The summed E-state index contributed by atoms with van der Waals surface area (Å²) in [4.78, 5) is 23.7. The number of carbonyl (C=O) groups excluding carboxylic acids is 2. The molecule has 0 aromatic rings. The molecule has 0 spiro atoms. The first-order valence-corrected chi connectivity index (χ1v) is 13.6. The maximum Gasteiger partial charge on any atom is 0.327 e. The lowest BCUT2D eigenvalue weighted by atomic mass is 10.00. The van der Waals surface area contributed by atoms with Gasteiger partial charge in [0.05, 0.1) is 45.3 Å². The smallest absolute Gasteiger partial charge is 0.327 e. The molecule has 0 saturated carbocycles. The summed E-state index contributed by atoms with van der Waals surface area (Å²) in [6.07, 6.45) is -15.6. The third kappa shape index (κ3) is 17.8. The molecule has 1 N–H and O–H groups in total.